The third-order valence-corrected chi connectivity index (χ3v) is 4.52. The quantitative estimate of drug-likeness (QED) is 0.670. The third-order valence-electron chi connectivity index (χ3n) is 4.27. The number of nitrogens with zero attached hydrogens (tertiary/aromatic N) is 4. The van der Waals surface area contributed by atoms with Gasteiger partial charge in [0.25, 0.3) is 0 Å². The van der Waals surface area contributed by atoms with Gasteiger partial charge in [-0.3, -0.25) is 0 Å². The number of halogens is 1. The molecule has 4 rings (SSSR count). The molecule has 1 unspecified atom stereocenters. The van der Waals surface area contributed by atoms with Crippen LogP contribution in [0.4, 0.5) is 5.95 Å². The molecule has 8 nitrogen and oxygen atoms in total. The Bertz CT molecular complexity index is 1030. The molecule has 2 heterocycles. The van der Waals surface area contributed by atoms with E-state index in [4.69, 9.17) is 16.3 Å². The van der Waals surface area contributed by atoms with Crippen molar-refractivity contribution in [2.75, 3.05) is 12.4 Å². The molecular weight excluding hydrogens is 370 g/mol. The van der Waals surface area contributed by atoms with Crippen LogP contribution >= 0.6 is 11.6 Å². The minimum absolute atomic E-state index is 0.119. The van der Waals surface area contributed by atoms with Crippen molar-refractivity contribution in [2.24, 2.45) is 0 Å². The van der Waals surface area contributed by atoms with Crippen LogP contribution in [0.1, 0.15) is 17.2 Å². The largest absolute Gasteiger partial charge is 0.508 e. The van der Waals surface area contributed by atoms with Crippen molar-refractivity contribution in [2.45, 2.75) is 6.04 Å². The molecule has 1 atom stereocenters. The topological polar surface area (TPSA) is 102 Å². The Kier molecular flexibility index (Phi) is 4.25. The SMILES string of the molecule is COC(=O)C1=C(c2ccc(O)cc2)C(c2ccc(Cl)cc2)n2nnnc2N1. The Labute approximate surface area is 159 Å². The van der Waals surface area contributed by atoms with E-state index in [1.54, 1.807) is 41.1 Å². The Balaban J connectivity index is 1.98. The van der Waals surface area contributed by atoms with Crippen LogP contribution in [0.3, 0.4) is 0 Å². The highest BCUT2D eigenvalue weighted by Crippen LogP contribution is 2.41. The summed E-state index contributed by atoms with van der Waals surface area (Å²) in [6.07, 6.45) is 0. The number of hydrogen-bond acceptors (Lipinski definition) is 7. The smallest absolute Gasteiger partial charge is 0.354 e. The molecule has 0 bridgehead atoms. The number of allylic oxidation sites excluding steroid dienone is 1. The molecule has 0 aliphatic carbocycles. The number of carbonyl (C=O) groups excluding carboxylic acids is 1. The molecule has 1 aromatic heterocycles. The Hall–Kier alpha value is -3.39. The minimum atomic E-state index is -0.550. The fourth-order valence-corrected chi connectivity index (χ4v) is 3.17. The first-order chi connectivity index (χ1) is 13.1. The number of hydrogen-bond donors (Lipinski definition) is 2. The van der Waals surface area contributed by atoms with Gasteiger partial charge in [0.2, 0.25) is 5.95 Å². The van der Waals surface area contributed by atoms with Crippen LogP contribution in [0.2, 0.25) is 5.02 Å². The maximum absolute atomic E-state index is 12.5. The van der Waals surface area contributed by atoms with E-state index in [9.17, 15) is 9.90 Å². The van der Waals surface area contributed by atoms with Crippen LogP contribution in [0.15, 0.2) is 54.2 Å². The zero-order valence-electron chi connectivity index (χ0n) is 14.1. The van der Waals surface area contributed by atoms with Gasteiger partial charge in [0.1, 0.15) is 17.5 Å². The van der Waals surface area contributed by atoms with Gasteiger partial charge in [-0.05, 0) is 45.8 Å². The summed E-state index contributed by atoms with van der Waals surface area (Å²) in [5.41, 5.74) is 2.38. The number of benzene rings is 2. The van der Waals surface area contributed by atoms with Gasteiger partial charge in [0, 0.05) is 10.6 Å². The zero-order chi connectivity index (χ0) is 19.0. The molecule has 0 spiro atoms. The van der Waals surface area contributed by atoms with Crippen molar-refractivity contribution < 1.29 is 14.6 Å². The molecule has 1 aliphatic heterocycles. The minimum Gasteiger partial charge on any atom is -0.508 e. The summed E-state index contributed by atoms with van der Waals surface area (Å²) in [6, 6.07) is 13.2. The molecule has 3 aromatic rings. The van der Waals surface area contributed by atoms with E-state index in [1.165, 1.54) is 7.11 Å². The van der Waals surface area contributed by atoms with Crippen molar-refractivity contribution in [3.63, 3.8) is 0 Å². The predicted octanol–water partition coefficient (Wildman–Crippen LogP) is 2.63. The van der Waals surface area contributed by atoms with E-state index in [0.717, 1.165) is 5.56 Å². The molecule has 0 saturated carbocycles. The lowest BCUT2D eigenvalue weighted by Crippen LogP contribution is -2.28. The fourth-order valence-electron chi connectivity index (χ4n) is 3.05. The van der Waals surface area contributed by atoms with Crippen LogP contribution in [-0.2, 0) is 9.53 Å². The molecule has 0 radical (unpaired) electrons. The molecule has 0 fully saturated rings. The second-order valence-electron chi connectivity index (χ2n) is 5.85. The Morgan fingerprint density at radius 2 is 1.89 bits per heavy atom. The average Bonchev–Trinajstić information content (AvgIpc) is 3.16. The maximum Gasteiger partial charge on any atom is 0.354 e. The number of phenols is 1. The molecule has 27 heavy (non-hydrogen) atoms. The lowest BCUT2D eigenvalue weighted by Gasteiger charge is -2.29. The van der Waals surface area contributed by atoms with Gasteiger partial charge >= 0.3 is 5.97 Å². The summed E-state index contributed by atoms with van der Waals surface area (Å²) < 4.78 is 6.53. The molecule has 0 amide bonds. The number of methoxy groups -OCH3 is 1. The van der Waals surface area contributed by atoms with E-state index in [1.807, 2.05) is 12.1 Å². The summed E-state index contributed by atoms with van der Waals surface area (Å²) in [4.78, 5) is 12.5. The highest BCUT2D eigenvalue weighted by atomic mass is 35.5. The average molecular weight is 384 g/mol. The number of esters is 1. The number of fused-ring (bicyclic) bond motifs is 1. The molecule has 1 aliphatic rings. The van der Waals surface area contributed by atoms with Crippen molar-refractivity contribution in [3.8, 4) is 5.75 Å². The Morgan fingerprint density at radius 3 is 2.56 bits per heavy atom. The van der Waals surface area contributed by atoms with E-state index in [0.29, 0.717) is 22.1 Å². The molecular formula is C18H14ClN5O3. The second kappa shape index (κ2) is 6.73. The summed E-state index contributed by atoms with van der Waals surface area (Å²) in [5.74, 6) is -0.113. The highest BCUT2D eigenvalue weighted by Gasteiger charge is 2.35. The standard InChI is InChI=1S/C18H14ClN5O3/c1-27-17(26)15-14(10-4-8-13(25)9-5-10)16(11-2-6-12(19)7-3-11)24-18(20-15)21-22-23-24/h2-9,16,25H,1H3,(H,20,21,23). The van der Waals surface area contributed by atoms with Crippen LogP contribution in [0.25, 0.3) is 5.57 Å². The molecule has 0 saturated heterocycles. The number of phenolic OH excluding ortho intramolecular Hbond substituents is 1. The first-order valence-electron chi connectivity index (χ1n) is 8.00. The lowest BCUT2D eigenvalue weighted by molar-refractivity contribution is -0.135. The van der Waals surface area contributed by atoms with Crippen LogP contribution in [-0.4, -0.2) is 38.4 Å². The second-order valence-corrected chi connectivity index (χ2v) is 6.29. The van der Waals surface area contributed by atoms with Gasteiger partial charge in [-0.1, -0.05) is 41.0 Å². The van der Waals surface area contributed by atoms with Gasteiger partial charge in [-0.2, -0.15) is 4.68 Å². The Morgan fingerprint density at radius 1 is 1.19 bits per heavy atom. The number of aromatic hydroxyl groups is 1. The number of anilines is 1. The number of ether oxygens (including phenoxy) is 1. The van der Waals surface area contributed by atoms with Gasteiger partial charge in [-0.25, -0.2) is 4.79 Å². The zero-order valence-corrected chi connectivity index (χ0v) is 14.9. The van der Waals surface area contributed by atoms with E-state index < -0.39 is 12.0 Å². The summed E-state index contributed by atoms with van der Waals surface area (Å²) in [7, 11) is 1.31. The van der Waals surface area contributed by atoms with Crippen molar-refractivity contribution in [3.05, 3.63) is 70.4 Å². The summed E-state index contributed by atoms with van der Waals surface area (Å²) in [5, 5.41) is 24.9. The summed E-state index contributed by atoms with van der Waals surface area (Å²) in [6.45, 7) is 0. The van der Waals surface area contributed by atoms with E-state index in [2.05, 4.69) is 20.8 Å². The van der Waals surface area contributed by atoms with Crippen LogP contribution in [0, 0.1) is 0 Å². The number of rotatable bonds is 3. The van der Waals surface area contributed by atoms with Crippen LogP contribution in [0.5, 0.6) is 5.75 Å². The molecule has 136 valence electrons. The fraction of sp³-hybridized carbons (Fsp3) is 0.111. The molecule has 2 aromatic carbocycles. The number of carbonyl (C=O) groups is 1. The van der Waals surface area contributed by atoms with Gasteiger partial charge in [-0.15, -0.1) is 0 Å². The summed E-state index contributed by atoms with van der Waals surface area (Å²) >= 11 is 6.03. The first kappa shape index (κ1) is 17.0. The lowest BCUT2D eigenvalue weighted by atomic mass is 9.90. The van der Waals surface area contributed by atoms with Crippen molar-refractivity contribution in [1.29, 1.82) is 0 Å². The maximum atomic E-state index is 12.5. The predicted molar refractivity (Wildman–Crippen MR) is 98.1 cm³/mol. The number of aromatic nitrogens is 4. The monoisotopic (exact) mass is 383 g/mol. The van der Waals surface area contributed by atoms with Gasteiger partial charge in [0.15, 0.2) is 0 Å². The van der Waals surface area contributed by atoms with E-state index in [-0.39, 0.29) is 11.4 Å². The normalized spacial score (nSPS) is 15.9. The first-order valence-corrected chi connectivity index (χ1v) is 8.38. The third kappa shape index (κ3) is 3.00. The number of tetrazole rings is 1. The van der Waals surface area contributed by atoms with Crippen LogP contribution < -0.4 is 5.32 Å². The van der Waals surface area contributed by atoms with Crippen molar-refractivity contribution in [1.82, 2.24) is 20.2 Å². The van der Waals surface area contributed by atoms with Gasteiger partial charge < -0.3 is 15.2 Å². The molecule has 2 N–H and O–H groups in total. The highest BCUT2D eigenvalue weighted by molar-refractivity contribution is 6.30. The van der Waals surface area contributed by atoms with E-state index >= 15 is 0 Å². The molecule has 9 heteroatoms. The van der Waals surface area contributed by atoms with Gasteiger partial charge in [0.05, 0.1) is 7.11 Å². The van der Waals surface area contributed by atoms with Crippen molar-refractivity contribution >= 4 is 29.1 Å². The number of nitrogens with one attached hydrogen (secondary N) is 1.